The van der Waals surface area contributed by atoms with Crippen molar-refractivity contribution in [3.05, 3.63) is 53.7 Å². The van der Waals surface area contributed by atoms with E-state index < -0.39 is 0 Å². The molecule has 0 aliphatic carbocycles. The Balaban J connectivity index is 1.42. The van der Waals surface area contributed by atoms with Crippen LogP contribution in [0.15, 0.2) is 41.3 Å². The predicted molar refractivity (Wildman–Crippen MR) is 96.5 cm³/mol. The van der Waals surface area contributed by atoms with Gasteiger partial charge in [0.15, 0.2) is 5.76 Å². The quantitative estimate of drug-likeness (QED) is 0.730. The van der Waals surface area contributed by atoms with Gasteiger partial charge in [0.1, 0.15) is 0 Å². The summed E-state index contributed by atoms with van der Waals surface area (Å²) in [7, 11) is 0. The van der Waals surface area contributed by atoms with Crippen molar-refractivity contribution in [2.24, 2.45) is 5.92 Å². The summed E-state index contributed by atoms with van der Waals surface area (Å²) >= 11 is 0. The van der Waals surface area contributed by atoms with Crippen LogP contribution in [0.25, 0.3) is 11.0 Å². The molecule has 3 aromatic rings. The Kier molecular flexibility index (Phi) is 4.07. The number of amides is 1. The van der Waals surface area contributed by atoms with Gasteiger partial charge in [-0.05, 0) is 68.0 Å². The van der Waals surface area contributed by atoms with Gasteiger partial charge >= 0.3 is 0 Å². The lowest BCUT2D eigenvalue weighted by molar-refractivity contribution is 0.0651. The first-order chi connectivity index (χ1) is 12.1. The van der Waals surface area contributed by atoms with Crippen LogP contribution in [0.3, 0.4) is 0 Å². The van der Waals surface area contributed by atoms with Gasteiger partial charge in [-0.1, -0.05) is 0 Å². The van der Waals surface area contributed by atoms with Gasteiger partial charge in [0.05, 0.1) is 23.6 Å². The molecule has 1 aliphatic heterocycles. The fourth-order valence-corrected chi connectivity index (χ4v) is 3.61. The average molecular weight is 337 g/mol. The maximum absolute atomic E-state index is 12.3. The topological polar surface area (TPSA) is 51.3 Å². The Labute approximate surface area is 147 Å². The van der Waals surface area contributed by atoms with Gasteiger partial charge in [0, 0.05) is 19.6 Å². The van der Waals surface area contributed by atoms with Crippen molar-refractivity contribution >= 4 is 16.9 Å². The van der Waals surface area contributed by atoms with Crippen molar-refractivity contribution in [1.82, 2.24) is 14.5 Å². The van der Waals surface area contributed by atoms with Crippen LogP contribution < -0.4 is 0 Å². The van der Waals surface area contributed by atoms with Crippen molar-refractivity contribution in [2.75, 3.05) is 13.1 Å². The number of aryl methyl sites for hydroxylation is 2. The van der Waals surface area contributed by atoms with Crippen LogP contribution in [0.5, 0.6) is 0 Å². The maximum atomic E-state index is 12.3. The van der Waals surface area contributed by atoms with Crippen molar-refractivity contribution < 1.29 is 9.21 Å². The molecule has 0 bridgehead atoms. The lowest BCUT2D eigenvalue weighted by atomic mass is 9.96. The van der Waals surface area contributed by atoms with Crippen molar-refractivity contribution in [3.8, 4) is 0 Å². The summed E-state index contributed by atoms with van der Waals surface area (Å²) < 4.78 is 7.49. The first-order valence-corrected chi connectivity index (χ1v) is 8.86. The van der Waals surface area contributed by atoms with Crippen LogP contribution in [-0.4, -0.2) is 33.4 Å². The zero-order valence-electron chi connectivity index (χ0n) is 14.7. The molecule has 5 nitrogen and oxygen atoms in total. The Morgan fingerprint density at radius 2 is 2.00 bits per heavy atom. The lowest BCUT2D eigenvalue weighted by Gasteiger charge is -2.31. The molecule has 0 N–H and O–H groups in total. The standard InChI is InChI=1S/C20H23N3O2/c1-14-10-17-18(11-15(14)2)23(13-21-17)12-16-5-7-22(8-6-16)20(24)19-4-3-9-25-19/h3-4,9-11,13,16H,5-8,12H2,1-2H3. The number of piperidine rings is 1. The number of hydrogen-bond acceptors (Lipinski definition) is 3. The largest absolute Gasteiger partial charge is 0.459 e. The molecule has 1 amide bonds. The first kappa shape index (κ1) is 15.9. The predicted octanol–water partition coefficient (Wildman–Crippen LogP) is 3.80. The summed E-state index contributed by atoms with van der Waals surface area (Å²) in [6.45, 7) is 6.80. The molecule has 1 aliphatic rings. The van der Waals surface area contributed by atoms with Crippen LogP contribution >= 0.6 is 0 Å². The number of benzene rings is 1. The third-order valence-corrected chi connectivity index (χ3v) is 5.33. The average Bonchev–Trinajstić information content (AvgIpc) is 3.27. The van der Waals surface area contributed by atoms with E-state index >= 15 is 0 Å². The monoisotopic (exact) mass is 337 g/mol. The van der Waals surface area contributed by atoms with Gasteiger partial charge in [0.25, 0.3) is 5.91 Å². The second kappa shape index (κ2) is 6.39. The van der Waals surface area contributed by atoms with Crippen LogP contribution in [0.4, 0.5) is 0 Å². The number of furan rings is 1. The highest BCUT2D eigenvalue weighted by Crippen LogP contribution is 2.24. The molecule has 25 heavy (non-hydrogen) atoms. The Bertz CT molecular complexity index is 887. The highest BCUT2D eigenvalue weighted by atomic mass is 16.3. The minimum absolute atomic E-state index is 0.00244. The van der Waals surface area contributed by atoms with E-state index in [9.17, 15) is 4.79 Å². The zero-order valence-corrected chi connectivity index (χ0v) is 14.7. The minimum atomic E-state index is 0.00244. The molecule has 3 heterocycles. The van der Waals surface area contributed by atoms with Crippen molar-refractivity contribution in [2.45, 2.75) is 33.2 Å². The lowest BCUT2D eigenvalue weighted by Crippen LogP contribution is -2.39. The van der Waals surface area contributed by atoms with Crippen LogP contribution in [0.1, 0.15) is 34.5 Å². The molecule has 1 saturated heterocycles. The van der Waals surface area contributed by atoms with Gasteiger partial charge < -0.3 is 13.9 Å². The van der Waals surface area contributed by atoms with Gasteiger partial charge in [-0.25, -0.2) is 4.98 Å². The number of fused-ring (bicyclic) bond motifs is 1. The zero-order chi connectivity index (χ0) is 17.4. The number of rotatable bonds is 3. The SMILES string of the molecule is Cc1cc2ncn(CC3CCN(C(=O)c4ccco4)CC3)c2cc1C. The van der Waals surface area contributed by atoms with E-state index in [4.69, 9.17) is 4.42 Å². The Hall–Kier alpha value is -2.56. The molecule has 130 valence electrons. The molecule has 0 unspecified atom stereocenters. The van der Waals surface area contributed by atoms with E-state index in [1.54, 1.807) is 18.4 Å². The summed E-state index contributed by atoms with van der Waals surface area (Å²) in [5.74, 6) is 1.01. The second-order valence-electron chi connectivity index (χ2n) is 7.03. The van der Waals surface area contributed by atoms with Crippen LogP contribution in [-0.2, 0) is 6.54 Å². The summed E-state index contributed by atoms with van der Waals surface area (Å²) in [5.41, 5.74) is 4.85. The highest BCUT2D eigenvalue weighted by molar-refractivity contribution is 5.91. The molecule has 0 radical (unpaired) electrons. The van der Waals surface area contributed by atoms with E-state index in [2.05, 4.69) is 35.5 Å². The maximum Gasteiger partial charge on any atom is 0.289 e. The van der Waals surface area contributed by atoms with Crippen LogP contribution in [0, 0.1) is 19.8 Å². The number of nitrogens with zero attached hydrogens (tertiary/aromatic N) is 3. The summed E-state index contributed by atoms with van der Waals surface area (Å²) in [4.78, 5) is 18.8. The van der Waals surface area contributed by atoms with Gasteiger partial charge in [0.2, 0.25) is 0 Å². The number of carbonyl (C=O) groups is 1. The highest BCUT2D eigenvalue weighted by Gasteiger charge is 2.25. The molecular formula is C20H23N3O2. The second-order valence-corrected chi connectivity index (χ2v) is 7.03. The minimum Gasteiger partial charge on any atom is -0.459 e. The third kappa shape index (κ3) is 3.06. The summed E-state index contributed by atoms with van der Waals surface area (Å²) in [6.07, 6.45) is 5.52. The van der Waals surface area contributed by atoms with Crippen molar-refractivity contribution in [1.29, 1.82) is 0 Å². The molecule has 5 heteroatoms. The number of imidazole rings is 1. The molecule has 0 atom stereocenters. The van der Waals surface area contributed by atoms with E-state index in [1.165, 1.54) is 16.6 Å². The smallest absolute Gasteiger partial charge is 0.289 e. The first-order valence-electron chi connectivity index (χ1n) is 8.86. The summed E-state index contributed by atoms with van der Waals surface area (Å²) in [5, 5.41) is 0. The molecule has 4 rings (SSSR count). The molecule has 0 saturated carbocycles. The number of carbonyl (C=O) groups excluding carboxylic acids is 1. The third-order valence-electron chi connectivity index (χ3n) is 5.33. The number of likely N-dealkylation sites (tertiary alicyclic amines) is 1. The Morgan fingerprint density at radius 1 is 1.24 bits per heavy atom. The fraction of sp³-hybridized carbons (Fsp3) is 0.400. The number of hydrogen-bond donors (Lipinski definition) is 0. The van der Waals surface area contributed by atoms with Crippen LogP contribution in [0.2, 0.25) is 0 Å². The van der Waals surface area contributed by atoms with Gasteiger partial charge in [-0.15, -0.1) is 0 Å². The van der Waals surface area contributed by atoms with Gasteiger partial charge in [-0.2, -0.15) is 0 Å². The van der Waals surface area contributed by atoms with Gasteiger partial charge in [-0.3, -0.25) is 4.79 Å². The van der Waals surface area contributed by atoms with E-state index in [1.807, 2.05) is 11.2 Å². The van der Waals surface area contributed by atoms with E-state index in [0.717, 1.165) is 38.0 Å². The van der Waals surface area contributed by atoms with Crippen molar-refractivity contribution in [3.63, 3.8) is 0 Å². The van der Waals surface area contributed by atoms with E-state index in [-0.39, 0.29) is 5.91 Å². The molecule has 0 spiro atoms. The molecule has 1 aromatic carbocycles. The molecule has 1 fully saturated rings. The molecule has 2 aromatic heterocycles. The normalized spacial score (nSPS) is 15.8. The Morgan fingerprint density at radius 3 is 2.72 bits per heavy atom. The summed E-state index contributed by atoms with van der Waals surface area (Å²) in [6, 6.07) is 7.88. The van der Waals surface area contributed by atoms with E-state index in [0.29, 0.717) is 11.7 Å². The molecular weight excluding hydrogens is 314 g/mol. The number of aromatic nitrogens is 2. The fourth-order valence-electron chi connectivity index (χ4n) is 3.61.